The number of carbonyl (C=O) groups is 2. The van der Waals surface area contributed by atoms with Crippen LogP contribution in [0.5, 0.6) is 0 Å². The Morgan fingerprint density at radius 1 is 0.854 bits per heavy atom. The van der Waals surface area contributed by atoms with Crippen molar-refractivity contribution in [2.45, 2.75) is 12.5 Å². The third-order valence-corrected chi connectivity index (χ3v) is 7.67. The average molecular weight is 549 g/mol. The van der Waals surface area contributed by atoms with Gasteiger partial charge in [-0.3, -0.25) is 14.5 Å². The molecule has 1 amide bonds. The Hall–Kier alpha value is -4.53. The SMILES string of the molecule is O=C1C(=O)N(CCCN2CCOCC2)C(c2cn(-c3ccccc3)nc2-c2ccccc2)C1=C(O)c1ccccc1. The first-order valence-corrected chi connectivity index (χ1v) is 14.0. The van der Waals surface area contributed by atoms with Crippen molar-refractivity contribution in [1.82, 2.24) is 19.6 Å². The molecule has 0 aliphatic carbocycles. The molecule has 208 valence electrons. The van der Waals surface area contributed by atoms with Crippen LogP contribution >= 0.6 is 0 Å². The summed E-state index contributed by atoms with van der Waals surface area (Å²) in [4.78, 5) is 31.2. The number of nitrogens with zero attached hydrogens (tertiary/aromatic N) is 4. The van der Waals surface area contributed by atoms with Crippen LogP contribution < -0.4 is 0 Å². The quantitative estimate of drug-likeness (QED) is 0.195. The van der Waals surface area contributed by atoms with Crippen molar-refractivity contribution in [2.75, 3.05) is 39.4 Å². The maximum Gasteiger partial charge on any atom is 0.295 e. The van der Waals surface area contributed by atoms with Crippen molar-refractivity contribution >= 4 is 17.4 Å². The molecule has 1 atom stereocenters. The van der Waals surface area contributed by atoms with Crippen LogP contribution in [0.4, 0.5) is 0 Å². The number of benzene rings is 3. The highest BCUT2D eigenvalue weighted by molar-refractivity contribution is 6.46. The first kappa shape index (κ1) is 26.7. The van der Waals surface area contributed by atoms with E-state index in [1.807, 2.05) is 72.9 Å². The smallest absolute Gasteiger partial charge is 0.295 e. The topological polar surface area (TPSA) is 87.9 Å². The van der Waals surface area contributed by atoms with Gasteiger partial charge in [0.1, 0.15) is 5.76 Å². The summed E-state index contributed by atoms with van der Waals surface area (Å²) in [5.74, 6) is -1.48. The van der Waals surface area contributed by atoms with Gasteiger partial charge < -0.3 is 14.7 Å². The number of carbonyl (C=O) groups excluding carboxylic acids is 2. The number of aromatic nitrogens is 2. The summed E-state index contributed by atoms with van der Waals surface area (Å²) < 4.78 is 7.24. The van der Waals surface area contributed by atoms with Crippen LogP contribution in [-0.2, 0) is 14.3 Å². The number of hydrogen-bond donors (Lipinski definition) is 1. The second-order valence-corrected chi connectivity index (χ2v) is 10.2. The van der Waals surface area contributed by atoms with Crippen molar-refractivity contribution in [3.63, 3.8) is 0 Å². The lowest BCUT2D eigenvalue weighted by atomic mass is 9.93. The van der Waals surface area contributed by atoms with Gasteiger partial charge >= 0.3 is 0 Å². The Morgan fingerprint density at radius 3 is 2.17 bits per heavy atom. The highest BCUT2D eigenvalue weighted by atomic mass is 16.5. The average Bonchev–Trinajstić information content (AvgIpc) is 3.58. The Labute approximate surface area is 239 Å². The van der Waals surface area contributed by atoms with E-state index in [4.69, 9.17) is 9.84 Å². The van der Waals surface area contributed by atoms with Gasteiger partial charge in [0.15, 0.2) is 0 Å². The van der Waals surface area contributed by atoms with Crippen LogP contribution in [0, 0.1) is 0 Å². The van der Waals surface area contributed by atoms with Gasteiger partial charge in [0.05, 0.1) is 36.2 Å². The minimum absolute atomic E-state index is 0.0809. The monoisotopic (exact) mass is 548 g/mol. The van der Waals surface area contributed by atoms with Gasteiger partial charge in [0.25, 0.3) is 11.7 Å². The highest BCUT2D eigenvalue weighted by Gasteiger charge is 2.47. The maximum atomic E-state index is 13.6. The molecule has 2 fully saturated rings. The summed E-state index contributed by atoms with van der Waals surface area (Å²) in [5, 5.41) is 16.4. The number of ketones is 1. The van der Waals surface area contributed by atoms with Gasteiger partial charge in [-0.05, 0) is 18.6 Å². The largest absolute Gasteiger partial charge is 0.507 e. The van der Waals surface area contributed by atoms with E-state index in [0.29, 0.717) is 43.0 Å². The third-order valence-electron chi connectivity index (χ3n) is 7.67. The molecule has 1 unspecified atom stereocenters. The molecule has 1 aromatic heterocycles. The number of rotatable bonds is 8. The van der Waals surface area contributed by atoms with Gasteiger partial charge in [-0.15, -0.1) is 0 Å². The molecule has 0 saturated carbocycles. The molecule has 41 heavy (non-hydrogen) atoms. The Kier molecular flexibility index (Phi) is 7.75. The van der Waals surface area contributed by atoms with E-state index in [-0.39, 0.29) is 11.3 Å². The Balaban J connectivity index is 1.47. The van der Waals surface area contributed by atoms with Crippen molar-refractivity contribution in [2.24, 2.45) is 0 Å². The number of Topliss-reactive ketones (excluding diaryl/α,β-unsaturated/α-hetero) is 1. The molecule has 0 spiro atoms. The fraction of sp³-hybridized carbons (Fsp3) is 0.242. The fourth-order valence-electron chi connectivity index (χ4n) is 5.60. The first-order chi connectivity index (χ1) is 20.1. The maximum absolute atomic E-state index is 13.6. The molecule has 2 aliphatic heterocycles. The number of para-hydroxylation sites is 1. The number of aliphatic hydroxyl groups is 1. The molecule has 6 rings (SSSR count). The molecule has 2 saturated heterocycles. The molecule has 4 aromatic rings. The Bertz CT molecular complexity index is 1540. The predicted octanol–water partition coefficient (Wildman–Crippen LogP) is 4.68. The van der Waals surface area contributed by atoms with E-state index >= 15 is 0 Å². The third kappa shape index (κ3) is 5.44. The molecular weight excluding hydrogens is 516 g/mol. The van der Waals surface area contributed by atoms with Crippen LogP contribution in [0.25, 0.3) is 22.7 Å². The zero-order valence-electron chi connectivity index (χ0n) is 22.7. The predicted molar refractivity (Wildman–Crippen MR) is 156 cm³/mol. The number of morpholine rings is 1. The second-order valence-electron chi connectivity index (χ2n) is 10.2. The number of hydrogen-bond acceptors (Lipinski definition) is 6. The molecule has 0 bridgehead atoms. The summed E-state index contributed by atoms with van der Waals surface area (Å²) in [6, 6.07) is 27.6. The van der Waals surface area contributed by atoms with E-state index in [1.54, 1.807) is 33.8 Å². The zero-order valence-corrected chi connectivity index (χ0v) is 22.7. The highest BCUT2D eigenvalue weighted by Crippen LogP contribution is 2.43. The summed E-state index contributed by atoms with van der Waals surface area (Å²) in [6.07, 6.45) is 2.56. The second kappa shape index (κ2) is 11.9. The zero-order chi connectivity index (χ0) is 28.2. The lowest BCUT2D eigenvalue weighted by Crippen LogP contribution is -2.39. The van der Waals surface area contributed by atoms with E-state index < -0.39 is 17.7 Å². The van der Waals surface area contributed by atoms with Crippen molar-refractivity contribution in [3.8, 4) is 16.9 Å². The van der Waals surface area contributed by atoms with E-state index in [1.165, 1.54) is 0 Å². The van der Waals surface area contributed by atoms with Crippen LogP contribution in [0.3, 0.4) is 0 Å². The summed E-state index contributed by atoms with van der Waals surface area (Å²) >= 11 is 0. The molecule has 8 heteroatoms. The number of ether oxygens (including phenoxy) is 1. The minimum Gasteiger partial charge on any atom is -0.507 e. The van der Waals surface area contributed by atoms with Crippen molar-refractivity contribution < 1.29 is 19.4 Å². The fourth-order valence-corrected chi connectivity index (χ4v) is 5.60. The molecule has 8 nitrogen and oxygen atoms in total. The molecule has 1 N–H and O–H groups in total. The number of amides is 1. The first-order valence-electron chi connectivity index (χ1n) is 14.0. The van der Waals surface area contributed by atoms with E-state index in [0.717, 1.165) is 30.9 Å². The number of likely N-dealkylation sites (tertiary alicyclic amines) is 1. The van der Waals surface area contributed by atoms with Gasteiger partial charge in [0.2, 0.25) is 0 Å². The molecule has 0 radical (unpaired) electrons. The Morgan fingerprint density at radius 2 is 1.49 bits per heavy atom. The molecular formula is C33H32N4O4. The summed E-state index contributed by atoms with van der Waals surface area (Å²) in [6.45, 7) is 4.23. The van der Waals surface area contributed by atoms with Crippen LogP contribution in [0.1, 0.15) is 23.6 Å². The molecule has 3 heterocycles. The van der Waals surface area contributed by atoms with Gasteiger partial charge in [-0.25, -0.2) is 4.68 Å². The summed E-state index contributed by atoms with van der Waals surface area (Å²) in [5.41, 5.74) is 3.61. The lowest BCUT2D eigenvalue weighted by Gasteiger charge is -2.29. The number of aliphatic hydroxyl groups excluding tert-OH is 1. The van der Waals surface area contributed by atoms with Crippen LogP contribution in [-0.4, -0.2) is 75.8 Å². The van der Waals surface area contributed by atoms with E-state index in [9.17, 15) is 14.7 Å². The lowest BCUT2D eigenvalue weighted by molar-refractivity contribution is -0.140. The van der Waals surface area contributed by atoms with Crippen LogP contribution in [0.2, 0.25) is 0 Å². The van der Waals surface area contributed by atoms with Crippen LogP contribution in [0.15, 0.2) is 103 Å². The van der Waals surface area contributed by atoms with Crippen molar-refractivity contribution in [3.05, 3.63) is 114 Å². The van der Waals surface area contributed by atoms with Gasteiger partial charge in [-0.2, -0.15) is 5.10 Å². The minimum atomic E-state index is -0.799. The standard InChI is InChI=1S/C33H32N4O4/c38-31(25-13-6-2-7-14-25)28-30(36(33(40)32(28)39)18-10-17-35-19-21-41-22-20-35)27-23-37(26-15-8-3-9-16-26)34-29(27)24-11-4-1-5-12-24/h1-9,11-16,23,30,38H,10,17-22H2. The molecule has 2 aliphatic rings. The van der Waals surface area contributed by atoms with Crippen molar-refractivity contribution in [1.29, 1.82) is 0 Å². The van der Waals surface area contributed by atoms with E-state index in [2.05, 4.69) is 4.90 Å². The van der Waals surface area contributed by atoms with Gasteiger partial charge in [0, 0.05) is 49.1 Å². The molecule has 3 aromatic carbocycles. The van der Waals surface area contributed by atoms with Gasteiger partial charge in [-0.1, -0.05) is 78.9 Å². The summed E-state index contributed by atoms with van der Waals surface area (Å²) in [7, 11) is 0. The normalized spacial score (nSPS) is 19.1.